The van der Waals surface area contributed by atoms with Gasteiger partial charge < -0.3 is 10.4 Å². The van der Waals surface area contributed by atoms with Crippen LogP contribution < -0.4 is 5.32 Å². The first-order valence-corrected chi connectivity index (χ1v) is 7.18. The van der Waals surface area contributed by atoms with Crippen molar-refractivity contribution in [2.24, 2.45) is 5.41 Å². The van der Waals surface area contributed by atoms with Gasteiger partial charge in [-0.1, -0.05) is 49.4 Å². The van der Waals surface area contributed by atoms with Gasteiger partial charge in [-0.3, -0.25) is 4.79 Å². The quantitative estimate of drug-likeness (QED) is 0.784. The number of halogens is 2. The summed E-state index contributed by atoms with van der Waals surface area (Å²) in [5.41, 5.74) is -0.0530. The SMILES string of the molecule is CC1(C(=O)Nc2ccc(Cl)c(Cl)c2O)CCCCC1. The second-order valence-electron chi connectivity index (χ2n) is 5.33. The summed E-state index contributed by atoms with van der Waals surface area (Å²) in [6.07, 6.45) is 5.07. The molecule has 0 unspecified atom stereocenters. The zero-order chi connectivity index (χ0) is 14.0. The molecule has 0 heterocycles. The van der Waals surface area contributed by atoms with Gasteiger partial charge in [-0.25, -0.2) is 0 Å². The Labute approximate surface area is 122 Å². The molecule has 104 valence electrons. The lowest BCUT2D eigenvalue weighted by Gasteiger charge is -2.32. The van der Waals surface area contributed by atoms with Gasteiger partial charge in [-0.15, -0.1) is 0 Å². The molecule has 1 saturated carbocycles. The van der Waals surface area contributed by atoms with Gasteiger partial charge in [-0.2, -0.15) is 0 Å². The number of hydrogen-bond donors (Lipinski definition) is 2. The monoisotopic (exact) mass is 301 g/mol. The fourth-order valence-electron chi connectivity index (χ4n) is 2.47. The van der Waals surface area contributed by atoms with Crippen LogP contribution in [0.4, 0.5) is 5.69 Å². The smallest absolute Gasteiger partial charge is 0.230 e. The topological polar surface area (TPSA) is 49.3 Å². The molecule has 0 bridgehead atoms. The summed E-state index contributed by atoms with van der Waals surface area (Å²) in [7, 11) is 0. The van der Waals surface area contributed by atoms with Crippen molar-refractivity contribution in [3.63, 3.8) is 0 Å². The van der Waals surface area contributed by atoms with E-state index in [-0.39, 0.29) is 27.1 Å². The molecule has 0 radical (unpaired) electrons. The van der Waals surface area contributed by atoms with E-state index in [2.05, 4.69) is 5.32 Å². The number of anilines is 1. The first-order chi connectivity index (χ1) is 8.94. The molecule has 5 heteroatoms. The highest BCUT2D eigenvalue weighted by molar-refractivity contribution is 6.43. The number of aromatic hydroxyl groups is 1. The number of amides is 1. The molecule has 2 N–H and O–H groups in total. The molecule has 1 aromatic rings. The Morgan fingerprint density at radius 2 is 1.89 bits per heavy atom. The Morgan fingerprint density at radius 3 is 2.53 bits per heavy atom. The molecule has 1 aliphatic rings. The van der Waals surface area contributed by atoms with Crippen molar-refractivity contribution in [2.75, 3.05) is 5.32 Å². The lowest BCUT2D eigenvalue weighted by molar-refractivity contribution is -0.126. The largest absolute Gasteiger partial charge is 0.504 e. The molecule has 0 spiro atoms. The average Bonchev–Trinajstić information content (AvgIpc) is 2.40. The van der Waals surface area contributed by atoms with Crippen LogP contribution in [0, 0.1) is 5.41 Å². The van der Waals surface area contributed by atoms with Gasteiger partial charge in [0.15, 0.2) is 5.75 Å². The summed E-state index contributed by atoms with van der Waals surface area (Å²) < 4.78 is 0. The van der Waals surface area contributed by atoms with Crippen molar-refractivity contribution < 1.29 is 9.90 Å². The van der Waals surface area contributed by atoms with Crippen LogP contribution in [0.1, 0.15) is 39.0 Å². The summed E-state index contributed by atoms with van der Waals surface area (Å²) in [6, 6.07) is 3.12. The standard InChI is InChI=1S/C14H17Cl2NO2/c1-14(7-3-2-4-8-14)13(19)17-10-6-5-9(15)11(16)12(10)18/h5-6,18H,2-4,7-8H2,1H3,(H,17,19). The van der Waals surface area contributed by atoms with Crippen molar-refractivity contribution in [3.05, 3.63) is 22.2 Å². The van der Waals surface area contributed by atoms with Crippen LogP contribution in [-0.4, -0.2) is 11.0 Å². The molecule has 0 saturated heterocycles. The van der Waals surface area contributed by atoms with E-state index in [0.717, 1.165) is 25.7 Å². The summed E-state index contributed by atoms with van der Waals surface area (Å²) in [5.74, 6) is -0.247. The van der Waals surface area contributed by atoms with E-state index in [9.17, 15) is 9.90 Å². The highest BCUT2D eigenvalue weighted by atomic mass is 35.5. The van der Waals surface area contributed by atoms with Crippen LogP contribution in [0.2, 0.25) is 10.0 Å². The molecule has 0 aliphatic heterocycles. The third kappa shape index (κ3) is 2.98. The second-order valence-corrected chi connectivity index (χ2v) is 6.12. The normalized spacial score (nSPS) is 18.1. The molecule has 1 amide bonds. The number of carbonyl (C=O) groups is 1. The minimum Gasteiger partial charge on any atom is -0.504 e. The van der Waals surface area contributed by atoms with E-state index >= 15 is 0 Å². The lowest BCUT2D eigenvalue weighted by Crippen LogP contribution is -2.35. The van der Waals surface area contributed by atoms with Crippen LogP contribution >= 0.6 is 23.2 Å². The molecule has 3 nitrogen and oxygen atoms in total. The molecule has 1 fully saturated rings. The Bertz CT molecular complexity index is 496. The fourth-order valence-corrected chi connectivity index (χ4v) is 2.79. The van der Waals surface area contributed by atoms with E-state index in [1.54, 1.807) is 12.1 Å². The molecule has 19 heavy (non-hydrogen) atoms. The maximum atomic E-state index is 12.3. The number of phenolic OH excluding ortho intramolecular Hbond substituents is 1. The number of hydrogen-bond acceptors (Lipinski definition) is 2. The van der Waals surface area contributed by atoms with Crippen LogP contribution in [0.25, 0.3) is 0 Å². The predicted octanol–water partition coefficient (Wildman–Crippen LogP) is 4.61. The summed E-state index contributed by atoms with van der Waals surface area (Å²) in [5, 5.41) is 13.0. The first-order valence-electron chi connectivity index (χ1n) is 6.42. The fraction of sp³-hybridized carbons (Fsp3) is 0.500. The van der Waals surface area contributed by atoms with Crippen molar-refractivity contribution in [1.29, 1.82) is 0 Å². The van der Waals surface area contributed by atoms with Gasteiger partial charge in [0.25, 0.3) is 0 Å². The molecule has 1 aromatic carbocycles. The van der Waals surface area contributed by atoms with Gasteiger partial charge in [0.05, 0.1) is 10.7 Å². The minimum absolute atomic E-state index is 0.0632. The Balaban J connectivity index is 2.17. The van der Waals surface area contributed by atoms with Crippen molar-refractivity contribution in [3.8, 4) is 5.75 Å². The van der Waals surface area contributed by atoms with Crippen LogP contribution in [0.3, 0.4) is 0 Å². The first kappa shape index (κ1) is 14.5. The molecule has 1 aliphatic carbocycles. The molecule has 0 aromatic heterocycles. The van der Waals surface area contributed by atoms with E-state index in [1.165, 1.54) is 6.42 Å². The number of nitrogens with one attached hydrogen (secondary N) is 1. The zero-order valence-electron chi connectivity index (χ0n) is 10.8. The minimum atomic E-state index is -0.364. The van der Waals surface area contributed by atoms with Gasteiger partial charge >= 0.3 is 0 Å². The highest BCUT2D eigenvalue weighted by Crippen LogP contribution is 2.40. The van der Waals surface area contributed by atoms with Crippen LogP contribution in [0.5, 0.6) is 5.75 Å². The Hall–Kier alpha value is -0.930. The van der Waals surface area contributed by atoms with Crippen LogP contribution in [-0.2, 0) is 4.79 Å². The van der Waals surface area contributed by atoms with E-state index in [1.807, 2.05) is 6.92 Å². The van der Waals surface area contributed by atoms with Crippen molar-refractivity contribution in [2.45, 2.75) is 39.0 Å². The van der Waals surface area contributed by atoms with E-state index < -0.39 is 0 Å². The molecule has 2 rings (SSSR count). The maximum Gasteiger partial charge on any atom is 0.230 e. The van der Waals surface area contributed by atoms with Gasteiger partial charge in [0.2, 0.25) is 5.91 Å². The third-order valence-corrected chi connectivity index (χ3v) is 4.62. The maximum absolute atomic E-state index is 12.3. The third-order valence-electron chi connectivity index (χ3n) is 3.82. The second kappa shape index (κ2) is 5.59. The molecular weight excluding hydrogens is 285 g/mol. The van der Waals surface area contributed by atoms with Gasteiger partial charge in [0, 0.05) is 5.41 Å². The van der Waals surface area contributed by atoms with Crippen LogP contribution in [0.15, 0.2) is 12.1 Å². The summed E-state index contributed by atoms with van der Waals surface area (Å²) in [4.78, 5) is 12.3. The molecular formula is C14H17Cl2NO2. The summed E-state index contributed by atoms with van der Waals surface area (Å²) >= 11 is 11.6. The van der Waals surface area contributed by atoms with E-state index in [4.69, 9.17) is 23.2 Å². The van der Waals surface area contributed by atoms with Crippen molar-refractivity contribution in [1.82, 2.24) is 0 Å². The lowest BCUT2D eigenvalue weighted by atomic mass is 9.75. The van der Waals surface area contributed by atoms with Crippen molar-refractivity contribution >= 4 is 34.8 Å². The number of rotatable bonds is 2. The highest BCUT2D eigenvalue weighted by Gasteiger charge is 2.34. The Morgan fingerprint density at radius 1 is 1.26 bits per heavy atom. The zero-order valence-corrected chi connectivity index (χ0v) is 12.3. The number of benzene rings is 1. The van der Waals surface area contributed by atoms with E-state index in [0.29, 0.717) is 5.69 Å². The van der Waals surface area contributed by atoms with Gasteiger partial charge in [-0.05, 0) is 25.0 Å². The molecule has 0 atom stereocenters. The number of carbonyl (C=O) groups excluding carboxylic acids is 1. The number of phenols is 1. The Kier molecular flexibility index (Phi) is 4.26. The average molecular weight is 302 g/mol. The predicted molar refractivity (Wildman–Crippen MR) is 77.9 cm³/mol. The summed E-state index contributed by atoms with van der Waals surface area (Å²) in [6.45, 7) is 1.97. The van der Waals surface area contributed by atoms with Gasteiger partial charge in [0.1, 0.15) is 5.02 Å².